The second-order valence-corrected chi connectivity index (χ2v) is 4.60. The normalized spacial score (nSPS) is 14.5. The molecular weight excluding hydrogens is 190 g/mol. The second-order valence-electron chi connectivity index (χ2n) is 4.60. The maximum Gasteiger partial charge on any atom is 0.0935 e. The first-order valence-corrected chi connectivity index (χ1v) is 5.13. The van der Waals surface area contributed by atoms with Crippen LogP contribution in [-0.4, -0.2) is 30.6 Å². The van der Waals surface area contributed by atoms with E-state index >= 15 is 0 Å². The lowest BCUT2D eigenvalue weighted by atomic mass is 9.89. The highest BCUT2D eigenvalue weighted by molar-refractivity contribution is 5.10. The van der Waals surface area contributed by atoms with E-state index < -0.39 is 0 Å². The number of nitrogens with two attached hydrogens (primary N) is 1. The van der Waals surface area contributed by atoms with Crippen LogP contribution >= 0.6 is 0 Å². The van der Waals surface area contributed by atoms with E-state index in [1.54, 1.807) is 12.5 Å². The van der Waals surface area contributed by atoms with Gasteiger partial charge in [0.25, 0.3) is 0 Å². The number of rotatable bonds is 5. The number of nitrogens with one attached hydrogen (secondary N) is 1. The molecule has 0 bridgehead atoms. The average Bonchev–Trinajstić information content (AvgIpc) is 2.65. The standard InChI is InChI=1S/C11H21N3O/c1-11(2,14(3)4)10(13-12)7-9-5-6-15-8-9/h5-6,8,10,13H,7,12H2,1-4H3. The zero-order chi connectivity index (χ0) is 11.5. The molecule has 1 atom stereocenters. The zero-order valence-corrected chi connectivity index (χ0v) is 9.95. The SMILES string of the molecule is CN(C)C(C)(C)C(Cc1ccoc1)NN. The Morgan fingerprint density at radius 3 is 2.60 bits per heavy atom. The van der Waals surface area contributed by atoms with Crippen LogP contribution in [0.5, 0.6) is 0 Å². The van der Waals surface area contributed by atoms with Crippen molar-refractivity contribution >= 4 is 0 Å². The topological polar surface area (TPSA) is 54.4 Å². The summed E-state index contributed by atoms with van der Waals surface area (Å²) in [6.45, 7) is 4.33. The van der Waals surface area contributed by atoms with Crippen LogP contribution < -0.4 is 11.3 Å². The third-order valence-electron chi connectivity index (χ3n) is 3.23. The monoisotopic (exact) mass is 211 g/mol. The van der Waals surface area contributed by atoms with Crippen molar-refractivity contribution in [2.45, 2.75) is 31.8 Å². The summed E-state index contributed by atoms with van der Waals surface area (Å²) < 4.78 is 5.05. The highest BCUT2D eigenvalue weighted by Gasteiger charge is 2.30. The molecule has 0 fully saturated rings. The number of furan rings is 1. The summed E-state index contributed by atoms with van der Waals surface area (Å²) in [6, 6.07) is 2.15. The van der Waals surface area contributed by atoms with Gasteiger partial charge in [0.2, 0.25) is 0 Å². The Bertz CT molecular complexity index is 280. The number of hydrazine groups is 1. The Balaban J connectivity index is 2.71. The molecule has 1 heterocycles. The fourth-order valence-corrected chi connectivity index (χ4v) is 1.47. The minimum absolute atomic E-state index is 0.00792. The second kappa shape index (κ2) is 4.79. The van der Waals surface area contributed by atoms with Gasteiger partial charge in [-0.3, -0.25) is 11.3 Å². The van der Waals surface area contributed by atoms with Gasteiger partial charge in [0.15, 0.2) is 0 Å². The van der Waals surface area contributed by atoms with E-state index in [2.05, 4.69) is 38.3 Å². The van der Waals surface area contributed by atoms with Crippen molar-refractivity contribution in [3.8, 4) is 0 Å². The molecule has 0 aliphatic rings. The molecule has 3 N–H and O–H groups in total. The van der Waals surface area contributed by atoms with Crippen molar-refractivity contribution in [1.82, 2.24) is 10.3 Å². The van der Waals surface area contributed by atoms with Gasteiger partial charge in [-0.05, 0) is 46.0 Å². The van der Waals surface area contributed by atoms with E-state index in [9.17, 15) is 0 Å². The lowest BCUT2D eigenvalue weighted by Gasteiger charge is -2.39. The predicted molar refractivity (Wildman–Crippen MR) is 61.3 cm³/mol. The lowest BCUT2D eigenvalue weighted by molar-refractivity contribution is 0.137. The minimum Gasteiger partial charge on any atom is -0.472 e. The van der Waals surface area contributed by atoms with E-state index in [1.807, 2.05) is 6.07 Å². The summed E-state index contributed by atoms with van der Waals surface area (Å²) in [6.07, 6.45) is 4.31. The van der Waals surface area contributed by atoms with Crippen LogP contribution in [0.2, 0.25) is 0 Å². The van der Waals surface area contributed by atoms with Crippen molar-refractivity contribution in [2.75, 3.05) is 14.1 Å². The zero-order valence-electron chi connectivity index (χ0n) is 9.95. The molecule has 0 saturated heterocycles. The summed E-state index contributed by atoms with van der Waals surface area (Å²) in [5.41, 5.74) is 4.03. The van der Waals surface area contributed by atoms with E-state index in [0.29, 0.717) is 0 Å². The Morgan fingerprint density at radius 2 is 2.20 bits per heavy atom. The number of hydrogen-bond donors (Lipinski definition) is 2. The number of hydrogen-bond acceptors (Lipinski definition) is 4. The third-order valence-corrected chi connectivity index (χ3v) is 3.23. The third kappa shape index (κ3) is 2.81. The summed E-state index contributed by atoms with van der Waals surface area (Å²) >= 11 is 0. The fourth-order valence-electron chi connectivity index (χ4n) is 1.47. The first-order valence-electron chi connectivity index (χ1n) is 5.13. The van der Waals surface area contributed by atoms with E-state index in [1.165, 1.54) is 0 Å². The summed E-state index contributed by atoms with van der Waals surface area (Å²) in [5.74, 6) is 5.61. The molecule has 1 aromatic heterocycles. The first-order chi connectivity index (χ1) is 6.98. The summed E-state index contributed by atoms with van der Waals surface area (Å²) in [5, 5.41) is 0. The first kappa shape index (κ1) is 12.2. The van der Waals surface area contributed by atoms with Crippen LogP contribution in [0.1, 0.15) is 19.4 Å². The Kier molecular flexibility index (Phi) is 3.90. The van der Waals surface area contributed by atoms with Gasteiger partial charge in [-0.2, -0.15) is 0 Å². The van der Waals surface area contributed by atoms with Crippen LogP contribution in [0.4, 0.5) is 0 Å². The quantitative estimate of drug-likeness (QED) is 0.563. The molecular formula is C11H21N3O. The van der Waals surface area contributed by atoms with Gasteiger partial charge < -0.3 is 9.32 Å². The van der Waals surface area contributed by atoms with Crippen LogP contribution in [0.25, 0.3) is 0 Å². The van der Waals surface area contributed by atoms with Crippen LogP contribution in [0, 0.1) is 0 Å². The largest absolute Gasteiger partial charge is 0.472 e. The molecule has 1 rings (SSSR count). The molecule has 4 nitrogen and oxygen atoms in total. The van der Waals surface area contributed by atoms with Gasteiger partial charge in [-0.25, -0.2) is 0 Å². The van der Waals surface area contributed by atoms with E-state index in [0.717, 1.165) is 12.0 Å². The van der Waals surface area contributed by atoms with Crippen molar-refractivity contribution < 1.29 is 4.42 Å². The molecule has 15 heavy (non-hydrogen) atoms. The van der Waals surface area contributed by atoms with Crippen LogP contribution in [0.15, 0.2) is 23.0 Å². The highest BCUT2D eigenvalue weighted by atomic mass is 16.3. The Hall–Kier alpha value is -0.840. The average molecular weight is 211 g/mol. The molecule has 1 aromatic rings. The number of likely N-dealkylation sites (N-methyl/N-ethyl adjacent to an activating group) is 1. The van der Waals surface area contributed by atoms with Crippen LogP contribution in [-0.2, 0) is 6.42 Å². The molecule has 86 valence electrons. The van der Waals surface area contributed by atoms with Crippen molar-refractivity contribution in [3.05, 3.63) is 24.2 Å². The van der Waals surface area contributed by atoms with E-state index in [4.69, 9.17) is 10.3 Å². The molecule has 0 aromatic carbocycles. The van der Waals surface area contributed by atoms with Gasteiger partial charge in [0.05, 0.1) is 12.5 Å². The highest BCUT2D eigenvalue weighted by Crippen LogP contribution is 2.19. The molecule has 0 spiro atoms. The molecule has 1 unspecified atom stereocenters. The molecule has 4 heteroatoms. The summed E-state index contributed by atoms with van der Waals surface area (Å²) in [4.78, 5) is 2.16. The smallest absolute Gasteiger partial charge is 0.0935 e. The van der Waals surface area contributed by atoms with Gasteiger partial charge in [0.1, 0.15) is 0 Å². The fraction of sp³-hybridized carbons (Fsp3) is 0.636. The van der Waals surface area contributed by atoms with Gasteiger partial charge in [-0.15, -0.1) is 0 Å². The maximum absolute atomic E-state index is 5.61. The van der Waals surface area contributed by atoms with Gasteiger partial charge in [-0.1, -0.05) is 0 Å². The van der Waals surface area contributed by atoms with Crippen molar-refractivity contribution in [3.63, 3.8) is 0 Å². The Labute approximate surface area is 91.4 Å². The van der Waals surface area contributed by atoms with Crippen molar-refractivity contribution in [2.24, 2.45) is 5.84 Å². The number of nitrogens with zero attached hydrogens (tertiary/aromatic N) is 1. The lowest BCUT2D eigenvalue weighted by Crippen LogP contribution is -2.58. The maximum atomic E-state index is 5.61. The molecule has 0 amide bonds. The summed E-state index contributed by atoms with van der Waals surface area (Å²) in [7, 11) is 4.11. The van der Waals surface area contributed by atoms with Gasteiger partial charge >= 0.3 is 0 Å². The predicted octanol–water partition coefficient (Wildman–Crippen LogP) is 0.994. The van der Waals surface area contributed by atoms with Gasteiger partial charge in [0, 0.05) is 11.6 Å². The van der Waals surface area contributed by atoms with Crippen molar-refractivity contribution in [1.29, 1.82) is 0 Å². The molecule has 0 aliphatic carbocycles. The molecule has 0 saturated carbocycles. The minimum atomic E-state index is -0.00792. The van der Waals surface area contributed by atoms with Crippen LogP contribution in [0.3, 0.4) is 0 Å². The van der Waals surface area contributed by atoms with E-state index in [-0.39, 0.29) is 11.6 Å². The molecule has 0 radical (unpaired) electrons. The Morgan fingerprint density at radius 1 is 1.53 bits per heavy atom. The molecule has 0 aliphatic heterocycles.